The second-order valence-electron chi connectivity index (χ2n) is 4.40. The van der Waals surface area contributed by atoms with E-state index in [2.05, 4.69) is 15.9 Å². The number of hydrogen-bond donors (Lipinski definition) is 0. The summed E-state index contributed by atoms with van der Waals surface area (Å²) in [5, 5.41) is 1.96. The molecule has 4 heteroatoms. The van der Waals surface area contributed by atoms with Gasteiger partial charge in [-0.2, -0.15) is 0 Å². The lowest BCUT2D eigenvalue weighted by atomic mass is 10.0. The summed E-state index contributed by atoms with van der Waals surface area (Å²) in [5.41, 5.74) is 3.29. The van der Waals surface area contributed by atoms with Gasteiger partial charge in [-0.3, -0.25) is 0 Å². The van der Waals surface area contributed by atoms with Gasteiger partial charge in [0, 0.05) is 9.85 Å². The van der Waals surface area contributed by atoms with Crippen molar-refractivity contribution in [2.24, 2.45) is 0 Å². The molecule has 0 nitrogen and oxygen atoms in total. The van der Waals surface area contributed by atoms with Gasteiger partial charge < -0.3 is 0 Å². The predicted molar refractivity (Wildman–Crippen MR) is 88.0 cm³/mol. The lowest BCUT2D eigenvalue weighted by Gasteiger charge is -2.14. The molecule has 0 aliphatic carbocycles. The van der Waals surface area contributed by atoms with E-state index in [4.69, 9.17) is 34.8 Å². The van der Waals surface area contributed by atoms with Gasteiger partial charge in [0.15, 0.2) is 0 Å². The Morgan fingerprint density at radius 3 is 2.47 bits per heavy atom. The summed E-state index contributed by atoms with van der Waals surface area (Å²) in [7, 11) is 0. The highest BCUT2D eigenvalue weighted by Crippen LogP contribution is 2.35. The average molecular weight is 379 g/mol. The predicted octanol–water partition coefficient (Wildman–Crippen LogP) is 6.63. The highest BCUT2D eigenvalue weighted by atomic mass is 79.9. The maximum absolute atomic E-state index is 6.33. The summed E-state index contributed by atoms with van der Waals surface area (Å²) in [5.74, 6) is 0. The van der Waals surface area contributed by atoms with Crippen molar-refractivity contribution in [2.45, 2.75) is 18.2 Å². The third kappa shape index (κ3) is 3.66. The average Bonchev–Trinajstić information content (AvgIpc) is 2.37. The molecule has 0 bridgehead atoms. The number of hydrogen-bond acceptors (Lipinski definition) is 0. The van der Waals surface area contributed by atoms with Crippen molar-refractivity contribution in [3.8, 4) is 0 Å². The van der Waals surface area contributed by atoms with Crippen molar-refractivity contribution in [3.05, 3.63) is 68.2 Å². The highest BCUT2D eigenvalue weighted by Gasteiger charge is 2.14. The summed E-state index contributed by atoms with van der Waals surface area (Å²) in [6.07, 6.45) is 0.806. The Labute approximate surface area is 136 Å². The van der Waals surface area contributed by atoms with Crippen LogP contribution in [-0.2, 0) is 6.42 Å². The Morgan fingerprint density at radius 2 is 1.79 bits per heavy atom. The first-order valence-corrected chi connectivity index (χ1v) is 7.87. The van der Waals surface area contributed by atoms with Crippen molar-refractivity contribution < 1.29 is 0 Å². The zero-order valence-corrected chi connectivity index (χ0v) is 14.1. The molecule has 0 spiro atoms. The molecule has 0 radical (unpaired) electrons. The minimum Gasteiger partial charge on any atom is -0.0837 e. The van der Waals surface area contributed by atoms with E-state index in [1.807, 2.05) is 43.3 Å². The fourth-order valence-electron chi connectivity index (χ4n) is 1.90. The van der Waals surface area contributed by atoms with Gasteiger partial charge in [-0.15, -0.1) is 0 Å². The fraction of sp³-hybridized carbons (Fsp3) is 0.200. The van der Waals surface area contributed by atoms with Crippen molar-refractivity contribution in [1.82, 2.24) is 0 Å². The quantitative estimate of drug-likeness (QED) is 0.526. The zero-order chi connectivity index (χ0) is 14.0. The van der Waals surface area contributed by atoms with Gasteiger partial charge in [0.25, 0.3) is 0 Å². The zero-order valence-electron chi connectivity index (χ0n) is 10.3. The Morgan fingerprint density at radius 1 is 1.05 bits per heavy atom. The van der Waals surface area contributed by atoms with Crippen LogP contribution in [0.1, 0.15) is 21.5 Å². The fourth-order valence-corrected chi connectivity index (χ4v) is 3.36. The van der Waals surface area contributed by atoms with Crippen molar-refractivity contribution in [1.29, 1.82) is 0 Å². The summed E-state index contributed by atoms with van der Waals surface area (Å²) in [6.45, 7) is 2.00. The monoisotopic (exact) mass is 376 g/mol. The lowest BCUT2D eigenvalue weighted by Crippen LogP contribution is -1.97. The summed E-state index contributed by atoms with van der Waals surface area (Å²) in [6, 6.07) is 11.7. The summed E-state index contributed by atoms with van der Waals surface area (Å²) in [4.78, 5) is 0.150. The smallest absolute Gasteiger partial charge is 0.0595 e. The van der Waals surface area contributed by atoms with Crippen LogP contribution in [-0.4, -0.2) is 0 Å². The molecule has 1 atom stereocenters. The first kappa shape index (κ1) is 15.2. The molecule has 0 aliphatic rings. The summed E-state index contributed by atoms with van der Waals surface area (Å²) >= 11 is 22.0. The molecule has 19 heavy (non-hydrogen) atoms. The molecule has 1 unspecified atom stereocenters. The van der Waals surface area contributed by atoms with Crippen LogP contribution in [0.2, 0.25) is 15.1 Å². The van der Waals surface area contributed by atoms with E-state index in [-0.39, 0.29) is 4.83 Å². The van der Waals surface area contributed by atoms with Crippen molar-refractivity contribution in [2.75, 3.05) is 0 Å². The van der Waals surface area contributed by atoms with E-state index < -0.39 is 0 Å². The number of benzene rings is 2. The van der Waals surface area contributed by atoms with E-state index >= 15 is 0 Å². The van der Waals surface area contributed by atoms with Gasteiger partial charge >= 0.3 is 0 Å². The van der Waals surface area contributed by atoms with E-state index in [1.165, 1.54) is 0 Å². The SMILES string of the molecule is Cc1cccc(C(Br)Cc2ccc(Cl)c(Cl)c2)c1Cl. The van der Waals surface area contributed by atoms with E-state index in [0.29, 0.717) is 10.0 Å². The Hall–Kier alpha value is -0.210. The lowest BCUT2D eigenvalue weighted by molar-refractivity contribution is 0.947. The topological polar surface area (TPSA) is 0 Å². The second-order valence-corrected chi connectivity index (χ2v) is 6.70. The van der Waals surface area contributed by atoms with Gasteiger partial charge in [-0.25, -0.2) is 0 Å². The van der Waals surface area contributed by atoms with Crippen molar-refractivity contribution in [3.63, 3.8) is 0 Å². The molecule has 0 amide bonds. The van der Waals surface area contributed by atoms with Crippen LogP contribution in [0, 0.1) is 6.92 Å². The van der Waals surface area contributed by atoms with Gasteiger partial charge in [-0.05, 0) is 42.2 Å². The van der Waals surface area contributed by atoms with Crippen LogP contribution >= 0.6 is 50.7 Å². The molecule has 2 aromatic rings. The van der Waals surface area contributed by atoms with Crippen molar-refractivity contribution >= 4 is 50.7 Å². The minimum atomic E-state index is 0.150. The van der Waals surface area contributed by atoms with Gasteiger partial charge in [0.1, 0.15) is 0 Å². The molecule has 0 aliphatic heterocycles. The first-order chi connectivity index (χ1) is 8.99. The number of rotatable bonds is 3. The molecule has 0 heterocycles. The third-order valence-corrected chi connectivity index (χ3v) is 5.03. The second kappa shape index (κ2) is 6.49. The first-order valence-electron chi connectivity index (χ1n) is 5.82. The number of aryl methyl sites for hydroxylation is 1. The maximum atomic E-state index is 6.33. The van der Waals surface area contributed by atoms with Gasteiger partial charge in [0.05, 0.1) is 10.0 Å². The molecule has 0 saturated carbocycles. The van der Waals surface area contributed by atoms with Crippen LogP contribution in [0.4, 0.5) is 0 Å². The molecule has 0 fully saturated rings. The third-order valence-electron chi connectivity index (χ3n) is 2.96. The molecule has 0 aromatic heterocycles. The molecular weight excluding hydrogens is 366 g/mol. The Bertz CT molecular complexity index is 596. The molecule has 2 aromatic carbocycles. The standard InChI is InChI=1S/C15H12BrCl3/c1-9-3-2-4-11(15(9)19)12(16)7-10-5-6-13(17)14(18)8-10/h2-6,8,12H,7H2,1H3. The molecule has 0 saturated heterocycles. The van der Waals surface area contributed by atoms with E-state index in [1.54, 1.807) is 0 Å². The van der Waals surface area contributed by atoms with Gasteiger partial charge in [0.2, 0.25) is 0 Å². The van der Waals surface area contributed by atoms with Crippen LogP contribution in [0.15, 0.2) is 36.4 Å². The molecule has 0 N–H and O–H groups in total. The van der Waals surface area contributed by atoms with E-state index in [0.717, 1.165) is 28.1 Å². The number of halogens is 4. The van der Waals surface area contributed by atoms with Crippen LogP contribution in [0.25, 0.3) is 0 Å². The normalized spacial score (nSPS) is 12.5. The molecular formula is C15H12BrCl3. The maximum Gasteiger partial charge on any atom is 0.0595 e. The van der Waals surface area contributed by atoms with Crippen LogP contribution in [0.5, 0.6) is 0 Å². The minimum absolute atomic E-state index is 0.150. The highest BCUT2D eigenvalue weighted by molar-refractivity contribution is 9.09. The Balaban J connectivity index is 2.23. The van der Waals surface area contributed by atoms with Crippen LogP contribution in [0.3, 0.4) is 0 Å². The number of alkyl halides is 1. The van der Waals surface area contributed by atoms with E-state index in [9.17, 15) is 0 Å². The molecule has 100 valence electrons. The summed E-state index contributed by atoms with van der Waals surface area (Å²) < 4.78 is 0. The largest absolute Gasteiger partial charge is 0.0837 e. The van der Waals surface area contributed by atoms with Gasteiger partial charge in [-0.1, -0.05) is 75.0 Å². The Kier molecular flexibility index (Phi) is 5.19. The molecule has 2 rings (SSSR count). The van der Waals surface area contributed by atoms with Crippen LogP contribution < -0.4 is 0 Å².